The van der Waals surface area contributed by atoms with Crippen molar-refractivity contribution in [3.63, 3.8) is 0 Å². The molecule has 9 bridgehead atoms. The summed E-state index contributed by atoms with van der Waals surface area (Å²) in [5, 5.41) is 50.6. The van der Waals surface area contributed by atoms with E-state index in [1.807, 2.05) is 26.8 Å². The second-order valence-electron chi connectivity index (χ2n) is 22.8. The average Bonchev–Trinajstić information content (AvgIpc) is 1.07. The molecule has 0 radical (unpaired) electrons. The fourth-order valence-electron chi connectivity index (χ4n) is 10.7. The molecule has 5 aliphatic heterocycles. The van der Waals surface area contributed by atoms with Crippen LogP contribution in [0.4, 0.5) is 0 Å². The summed E-state index contributed by atoms with van der Waals surface area (Å²) in [6.45, 7) is 9.23. The molecule has 10 rings (SSSR count). The number of nitrogens with zero attached hydrogens (tertiary/aromatic N) is 1. The van der Waals surface area contributed by atoms with E-state index in [0.29, 0.717) is 47.3 Å². The first-order chi connectivity index (χ1) is 41.4. The van der Waals surface area contributed by atoms with Crippen molar-refractivity contribution in [1.29, 1.82) is 0 Å². The van der Waals surface area contributed by atoms with Gasteiger partial charge in [0.1, 0.15) is 41.1 Å². The minimum Gasteiger partial charge on any atom is -0.508 e. The molecule has 5 heterocycles. The molecule has 0 aliphatic carbocycles. The Morgan fingerprint density at radius 1 is 0.782 bits per heavy atom. The third-order valence-electron chi connectivity index (χ3n) is 15.4. The molecule has 22 nitrogen and oxygen atoms in total. The predicted molar refractivity (Wildman–Crippen MR) is 321 cm³/mol. The summed E-state index contributed by atoms with van der Waals surface area (Å²) in [5.41, 5.74) is 2.61. The SMILES string of the molecule is CCc1cc2ccc1Oc1cc3cc(c1O[C@H]1C[C@@H](O)C[C@@H](C)O1)Oc1ccc(cc1Cl)CCC(=O)N[C@H](C(=O)OC)c1cc(O)ccc1-c1cc(ccc1O)C(C)NC(=O)[C@@H]3NC(=O)[C@H](CC(=O)N(C)C)NC(=O)[C@H](NC(=O)[C@@H](CC(C)C)NC)C2. The smallest absolute Gasteiger partial charge is 0.333 e. The zero-order valence-corrected chi connectivity index (χ0v) is 50.8. The normalized spacial score (nSPS) is 22.1. The number of methoxy groups -OCH3 is 1. The number of aryl methyl sites for hydroxylation is 2. The molecule has 9 atom stereocenters. The summed E-state index contributed by atoms with van der Waals surface area (Å²) in [4.78, 5) is 102. The number of phenolic OH excluding ortho intramolecular Hbond substituents is 2. The van der Waals surface area contributed by atoms with Gasteiger partial charge in [0, 0.05) is 38.9 Å². The van der Waals surface area contributed by atoms with E-state index in [4.69, 9.17) is 35.3 Å². The lowest BCUT2D eigenvalue weighted by atomic mass is 9.91. The highest BCUT2D eigenvalue weighted by atomic mass is 35.5. The van der Waals surface area contributed by atoms with Gasteiger partial charge in [-0.05, 0) is 146 Å². The molecule has 0 spiro atoms. The number of ether oxygens (including phenoxy) is 5. The van der Waals surface area contributed by atoms with Crippen LogP contribution in [0.25, 0.3) is 11.1 Å². The van der Waals surface area contributed by atoms with Gasteiger partial charge in [-0.15, -0.1) is 0 Å². The number of hydrogen-bond donors (Lipinski definition) is 9. The Morgan fingerprint density at radius 3 is 2.16 bits per heavy atom. The Bertz CT molecular complexity index is 3400. The number of amides is 6. The van der Waals surface area contributed by atoms with E-state index in [1.54, 1.807) is 57.3 Å². The maximum Gasteiger partial charge on any atom is 0.333 e. The number of hydrogen-bond acceptors (Lipinski definition) is 16. The molecule has 6 amide bonds. The molecule has 0 aromatic heterocycles. The van der Waals surface area contributed by atoms with Gasteiger partial charge in [-0.25, -0.2) is 4.79 Å². The number of nitrogens with one attached hydrogen (secondary N) is 6. The van der Waals surface area contributed by atoms with Crippen LogP contribution in [0.5, 0.6) is 40.2 Å². The number of esters is 1. The van der Waals surface area contributed by atoms with Crippen LogP contribution < -0.4 is 46.1 Å². The van der Waals surface area contributed by atoms with Crippen LogP contribution >= 0.6 is 11.6 Å². The summed E-state index contributed by atoms with van der Waals surface area (Å²) in [6, 6.07) is 13.6. The number of aliphatic hydroxyl groups is 1. The van der Waals surface area contributed by atoms with Crippen molar-refractivity contribution < 1.29 is 72.6 Å². The second-order valence-corrected chi connectivity index (χ2v) is 23.2. The lowest BCUT2D eigenvalue weighted by Gasteiger charge is -2.32. The van der Waals surface area contributed by atoms with Gasteiger partial charge in [-0.1, -0.05) is 62.7 Å². The molecule has 1 unspecified atom stereocenters. The van der Waals surface area contributed by atoms with Crippen LogP contribution in [0.15, 0.2) is 84.9 Å². The molecule has 9 N–H and O–H groups in total. The van der Waals surface area contributed by atoms with Crippen molar-refractivity contribution in [2.75, 3.05) is 28.3 Å². The molecular formula is C64H76ClN7O15. The van der Waals surface area contributed by atoms with Gasteiger partial charge in [0.15, 0.2) is 17.5 Å². The topological polar surface area (TPSA) is 302 Å². The Labute approximate surface area is 509 Å². The number of rotatable bonds is 11. The van der Waals surface area contributed by atoms with E-state index >= 15 is 9.59 Å². The highest BCUT2D eigenvalue weighted by Gasteiger charge is 2.37. The highest BCUT2D eigenvalue weighted by molar-refractivity contribution is 6.32. The quantitative estimate of drug-likeness (QED) is 0.0616. The fourth-order valence-corrected chi connectivity index (χ4v) is 11.0. The van der Waals surface area contributed by atoms with E-state index in [1.165, 1.54) is 61.5 Å². The Kier molecular flexibility index (Phi) is 21.1. The summed E-state index contributed by atoms with van der Waals surface area (Å²) in [5.74, 6) is -5.48. The van der Waals surface area contributed by atoms with E-state index in [0.717, 1.165) is 7.11 Å². The number of carbonyl (C=O) groups excluding carboxylic acids is 7. The van der Waals surface area contributed by atoms with Gasteiger partial charge in [-0.3, -0.25) is 28.8 Å². The summed E-state index contributed by atoms with van der Waals surface area (Å²) in [6.07, 6.45) is -1.91. The molecule has 1 saturated heterocycles. The van der Waals surface area contributed by atoms with Crippen LogP contribution in [0.2, 0.25) is 5.02 Å². The van der Waals surface area contributed by atoms with Gasteiger partial charge in [0.2, 0.25) is 47.5 Å². The lowest BCUT2D eigenvalue weighted by molar-refractivity contribution is -0.170. The summed E-state index contributed by atoms with van der Waals surface area (Å²) < 4.78 is 31.7. The number of halogens is 1. The third-order valence-corrected chi connectivity index (χ3v) is 15.7. The Balaban J connectivity index is 1.36. The first-order valence-corrected chi connectivity index (χ1v) is 29.4. The van der Waals surface area contributed by atoms with E-state index in [9.17, 15) is 39.3 Å². The molecule has 0 saturated carbocycles. The first kappa shape index (κ1) is 64.6. The average molecular weight is 1220 g/mol. The van der Waals surface area contributed by atoms with E-state index < -0.39 is 103 Å². The van der Waals surface area contributed by atoms with E-state index in [-0.39, 0.29) is 93.4 Å². The van der Waals surface area contributed by atoms with Crippen LogP contribution in [0, 0.1) is 5.92 Å². The van der Waals surface area contributed by atoms with Crippen LogP contribution in [-0.2, 0) is 62.3 Å². The van der Waals surface area contributed by atoms with Gasteiger partial charge in [-0.2, -0.15) is 0 Å². The first-order valence-electron chi connectivity index (χ1n) is 29.0. The van der Waals surface area contributed by atoms with Gasteiger partial charge < -0.3 is 75.8 Å². The molecule has 5 aromatic carbocycles. The van der Waals surface area contributed by atoms with Gasteiger partial charge in [0.25, 0.3) is 0 Å². The number of aromatic hydroxyl groups is 2. The Morgan fingerprint density at radius 2 is 1.49 bits per heavy atom. The largest absolute Gasteiger partial charge is 0.508 e. The maximum atomic E-state index is 15.6. The molecule has 464 valence electrons. The minimum atomic E-state index is -1.75. The van der Waals surface area contributed by atoms with Crippen molar-refractivity contribution in [3.05, 3.63) is 123 Å². The van der Waals surface area contributed by atoms with Crippen molar-refractivity contribution in [3.8, 4) is 51.4 Å². The molecule has 5 aliphatic rings. The highest BCUT2D eigenvalue weighted by Crippen LogP contribution is 2.48. The van der Waals surface area contributed by atoms with Crippen molar-refractivity contribution in [2.45, 2.75) is 141 Å². The minimum absolute atomic E-state index is 0.0115. The number of carbonyl (C=O) groups is 7. The predicted octanol–water partition coefficient (Wildman–Crippen LogP) is 6.78. The molecule has 23 heteroatoms. The van der Waals surface area contributed by atoms with Crippen LogP contribution in [-0.4, -0.2) is 127 Å². The zero-order valence-electron chi connectivity index (χ0n) is 50.1. The molecule has 87 heavy (non-hydrogen) atoms. The zero-order chi connectivity index (χ0) is 63.0. The molecule has 1 fully saturated rings. The molecular weight excluding hydrogens is 1140 g/mol. The number of benzene rings is 5. The third kappa shape index (κ3) is 16.0. The second kappa shape index (κ2) is 28.4. The summed E-state index contributed by atoms with van der Waals surface area (Å²) >= 11 is 7.06. The Hall–Kier alpha value is -8.44. The van der Waals surface area contributed by atoms with Crippen LogP contribution in [0.1, 0.15) is 118 Å². The van der Waals surface area contributed by atoms with Crippen molar-refractivity contribution >= 4 is 53.0 Å². The standard InChI is InChI=1S/C64H76ClN7O15/c1-10-37-23-36-12-18-50(37)85-52-27-39-28-53(59(52)87-56-30-41(74)22-33(4)84-56)86-51-19-11-35(24-45(51)65)13-20-54(76)70-58(64(82)83-9)44-29-40(73)15-16-42(44)43-26-38(14-17-49(43)75)34(5)67-63(81)57(39)71-62(80)48(31-55(77)72(7)8)69-61(79)47(25-36)68-60(78)46(66-6)21-32(2)3/h11-12,14-19,23-24,26-29,32-34,41,46-48,56-58,66,73-75H,10,13,20-22,25,30-31H2,1-9H3,(H,67,81)(H,68,78)(H,69,79)(H,70,76)(H,71,80)/t33-,34?,41+,46-,47-,48+,56+,57-,58+/m1/s1. The monoisotopic (exact) mass is 1220 g/mol. The number of fused-ring (bicyclic) bond motifs is 16. The lowest BCUT2D eigenvalue weighted by Crippen LogP contribution is -2.58. The maximum absolute atomic E-state index is 15.6. The summed E-state index contributed by atoms with van der Waals surface area (Å²) in [7, 11) is 5.74. The number of likely N-dealkylation sites (N-methyl/N-ethyl adjacent to an activating group) is 1. The number of aliphatic hydroxyl groups excluding tert-OH is 1. The van der Waals surface area contributed by atoms with Crippen molar-refractivity contribution in [2.24, 2.45) is 5.92 Å². The van der Waals surface area contributed by atoms with E-state index in [2.05, 4.69) is 31.9 Å². The van der Waals surface area contributed by atoms with Gasteiger partial charge >= 0.3 is 5.97 Å². The fraction of sp³-hybridized carbons (Fsp3) is 0.422. The van der Waals surface area contributed by atoms with Crippen LogP contribution in [0.3, 0.4) is 0 Å². The van der Waals surface area contributed by atoms with Gasteiger partial charge in [0.05, 0.1) is 42.8 Å². The molecule has 5 aromatic rings. The number of phenols is 2. The van der Waals surface area contributed by atoms with Crippen molar-refractivity contribution in [1.82, 2.24) is 36.8 Å².